The van der Waals surface area contributed by atoms with Gasteiger partial charge in [-0.05, 0) is 6.42 Å². The van der Waals surface area contributed by atoms with Gasteiger partial charge in [0.25, 0.3) is 0 Å². The van der Waals surface area contributed by atoms with Crippen molar-refractivity contribution in [1.29, 1.82) is 0 Å². The molecule has 2 rings (SSSR count). The Bertz CT molecular complexity index is 411. The van der Waals surface area contributed by atoms with Crippen LogP contribution in [-0.2, 0) is 4.74 Å². The Morgan fingerprint density at radius 2 is 2.47 bits per heavy atom. The minimum atomic E-state index is -0.407. The predicted octanol–water partition coefficient (Wildman–Crippen LogP) is -0.00650. The van der Waals surface area contributed by atoms with E-state index >= 15 is 0 Å². The second-order valence-electron chi connectivity index (χ2n) is 3.87. The molecule has 7 nitrogen and oxygen atoms in total. The van der Waals surface area contributed by atoms with Crippen molar-refractivity contribution >= 4 is 17.7 Å². The molecule has 0 bridgehead atoms. The first-order chi connectivity index (χ1) is 8.19. The zero-order valence-electron chi connectivity index (χ0n) is 9.59. The van der Waals surface area contributed by atoms with Crippen LogP contribution in [0.15, 0.2) is 12.4 Å². The zero-order valence-corrected chi connectivity index (χ0v) is 9.59. The van der Waals surface area contributed by atoms with Gasteiger partial charge in [0, 0.05) is 13.1 Å². The third-order valence-electron chi connectivity index (χ3n) is 2.66. The summed E-state index contributed by atoms with van der Waals surface area (Å²) < 4.78 is 4.56. The average Bonchev–Trinajstić information content (AvgIpc) is 2.77. The van der Waals surface area contributed by atoms with Gasteiger partial charge in [-0.2, -0.15) is 0 Å². The topological polar surface area (TPSA) is 93.4 Å². The molecule has 1 aliphatic heterocycles. The maximum absolute atomic E-state index is 11.1. The number of alkyl carbamates (subject to hydrolysis) is 1. The van der Waals surface area contributed by atoms with Crippen LogP contribution in [-0.4, -0.2) is 42.3 Å². The molecular formula is C10H15N5O2. The molecule has 17 heavy (non-hydrogen) atoms. The number of ether oxygens (including phenoxy) is 1. The normalized spacial score (nSPS) is 19.1. The number of nitrogens with zero attached hydrogens (tertiary/aromatic N) is 3. The third kappa shape index (κ3) is 2.74. The van der Waals surface area contributed by atoms with E-state index in [9.17, 15) is 4.79 Å². The van der Waals surface area contributed by atoms with Crippen molar-refractivity contribution in [2.75, 3.05) is 30.8 Å². The number of hydrogen-bond acceptors (Lipinski definition) is 6. The van der Waals surface area contributed by atoms with Gasteiger partial charge in [0.05, 0.1) is 25.5 Å². The number of hydrogen-bond donors (Lipinski definition) is 2. The highest BCUT2D eigenvalue weighted by Gasteiger charge is 2.25. The fourth-order valence-corrected chi connectivity index (χ4v) is 1.83. The van der Waals surface area contributed by atoms with Gasteiger partial charge in [-0.3, -0.25) is 4.98 Å². The van der Waals surface area contributed by atoms with E-state index in [1.54, 1.807) is 6.20 Å². The molecule has 0 aliphatic carbocycles. The fourth-order valence-electron chi connectivity index (χ4n) is 1.83. The number of nitrogen functional groups attached to an aromatic ring is 1. The van der Waals surface area contributed by atoms with Crippen LogP contribution in [0.2, 0.25) is 0 Å². The summed E-state index contributed by atoms with van der Waals surface area (Å²) in [6.45, 7) is 1.50. The minimum absolute atomic E-state index is 0.0747. The Labute approximate surface area is 99.0 Å². The number of aromatic nitrogens is 2. The van der Waals surface area contributed by atoms with Crippen LogP contribution in [0.3, 0.4) is 0 Å². The lowest BCUT2D eigenvalue weighted by Gasteiger charge is -2.17. The molecule has 0 radical (unpaired) electrons. The lowest BCUT2D eigenvalue weighted by atomic mass is 10.3. The lowest BCUT2D eigenvalue weighted by molar-refractivity contribution is 0.167. The van der Waals surface area contributed by atoms with E-state index in [0.717, 1.165) is 18.8 Å². The van der Waals surface area contributed by atoms with Crippen molar-refractivity contribution in [2.24, 2.45) is 0 Å². The molecule has 1 atom stereocenters. The summed E-state index contributed by atoms with van der Waals surface area (Å²) in [5.74, 6) is 1.13. The van der Waals surface area contributed by atoms with Crippen molar-refractivity contribution in [2.45, 2.75) is 12.5 Å². The van der Waals surface area contributed by atoms with Crippen molar-refractivity contribution in [1.82, 2.24) is 15.3 Å². The number of carbonyl (C=O) groups is 1. The molecule has 3 N–H and O–H groups in total. The number of carbonyl (C=O) groups excluding carboxylic acids is 1. The first-order valence-electron chi connectivity index (χ1n) is 5.36. The summed E-state index contributed by atoms with van der Waals surface area (Å²) in [4.78, 5) is 21.3. The van der Waals surface area contributed by atoms with E-state index in [1.807, 2.05) is 4.90 Å². The highest BCUT2D eigenvalue weighted by molar-refractivity contribution is 5.67. The first-order valence-corrected chi connectivity index (χ1v) is 5.36. The van der Waals surface area contributed by atoms with Gasteiger partial charge in [-0.25, -0.2) is 9.78 Å². The molecule has 0 spiro atoms. The Hall–Kier alpha value is -2.05. The second kappa shape index (κ2) is 4.86. The maximum Gasteiger partial charge on any atom is 0.407 e. The number of anilines is 2. The molecule has 0 aromatic carbocycles. The highest BCUT2D eigenvalue weighted by atomic mass is 16.5. The predicted molar refractivity (Wildman–Crippen MR) is 62.6 cm³/mol. The van der Waals surface area contributed by atoms with Crippen LogP contribution in [0.1, 0.15) is 6.42 Å². The quantitative estimate of drug-likeness (QED) is 0.751. The number of rotatable bonds is 2. The summed E-state index contributed by atoms with van der Waals surface area (Å²) in [5.41, 5.74) is 5.57. The minimum Gasteiger partial charge on any atom is -0.453 e. The molecule has 2 heterocycles. The Kier molecular flexibility index (Phi) is 3.27. The maximum atomic E-state index is 11.1. The summed E-state index contributed by atoms with van der Waals surface area (Å²) in [7, 11) is 1.35. The van der Waals surface area contributed by atoms with E-state index in [2.05, 4.69) is 20.0 Å². The van der Waals surface area contributed by atoms with Crippen LogP contribution < -0.4 is 16.0 Å². The molecule has 1 saturated heterocycles. The lowest BCUT2D eigenvalue weighted by Crippen LogP contribution is -2.37. The van der Waals surface area contributed by atoms with Gasteiger partial charge in [0.2, 0.25) is 0 Å². The van der Waals surface area contributed by atoms with Gasteiger partial charge in [-0.15, -0.1) is 0 Å². The molecule has 1 unspecified atom stereocenters. The molecular weight excluding hydrogens is 222 g/mol. The van der Waals surface area contributed by atoms with Crippen LogP contribution in [0.25, 0.3) is 0 Å². The van der Waals surface area contributed by atoms with E-state index in [0.29, 0.717) is 12.4 Å². The molecule has 1 aromatic heterocycles. The molecule has 0 saturated carbocycles. The van der Waals surface area contributed by atoms with Crippen LogP contribution in [0.5, 0.6) is 0 Å². The number of methoxy groups -OCH3 is 1. The number of nitrogens with two attached hydrogens (primary N) is 1. The van der Waals surface area contributed by atoms with E-state index in [4.69, 9.17) is 5.73 Å². The van der Waals surface area contributed by atoms with Crippen LogP contribution in [0, 0.1) is 0 Å². The summed E-state index contributed by atoms with van der Waals surface area (Å²) >= 11 is 0. The Morgan fingerprint density at radius 1 is 1.65 bits per heavy atom. The molecule has 92 valence electrons. The summed E-state index contributed by atoms with van der Waals surface area (Å²) in [6, 6.07) is 0.0747. The molecule has 7 heteroatoms. The van der Waals surface area contributed by atoms with Gasteiger partial charge in [-0.1, -0.05) is 0 Å². The Balaban J connectivity index is 1.96. The largest absolute Gasteiger partial charge is 0.453 e. The average molecular weight is 237 g/mol. The third-order valence-corrected chi connectivity index (χ3v) is 2.66. The van der Waals surface area contributed by atoms with Crippen LogP contribution in [0.4, 0.5) is 16.4 Å². The van der Waals surface area contributed by atoms with Gasteiger partial charge in [0.1, 0.15) is 11.6 Å². The van der Waals surface area contributed by atoms with E-state index < -0.39 is 6.09 Å². The van der Waals surface area contributed by atoms with Gasteiger partial charge >= 0.3 is 6.09 Å². The van der Waals surface area contributed by atoms with Crippen LogP contribution >= 0.6 is 0 Å². The molecule has 1 amide bonds. The highest BCUT2D eigenvalue weighted by Crippen LogP contribution is 2.17. The summed E-state index contributed by atoms with van der Waals surface area (Å²) in [5, 5.41) is 2.76. The van der Waals surface area contributed by atoms with E-state index in [-0.39, 0.29) is 6.04 Å². The van der Waals surface area contributed by atoms with Crippen molar-refractivity contribution < 1.29 is 9.53 Å². The first kappa shape index (κ1) is 11.4. The Morgan fingerprint density at radius 3 is 3.18 bits per heavy atom. The summed E-state index contributed by atoms with van der Waals surface area (Å²) in [6.07, 6.45) is 3.61. The number of amides is 1. The second-order valence-corrected chi connectivity index (χ2v) is 3.87. The monoisotopic (exact) mass is 237 g/mol. The standard InChI is InChI=1S/C10H15N5O2/c1-17-10(16)13-7-2-3-15(6-7)9-5-12-4-8(11)14-9/h4-5,7H,2-3,6H2,1H3,(H2,11,14)(H,13,16). The number of nitrogens with one attached hydrogen (secondary N) is 1. The molecule has 1 fully saturated rings. The van der Waals surface area contributed by atoms with E-state index in [1.165, 1.54) is 13.3 Å². The fraction of sp³-hybridized carbons (Fsp3) is 0.500. The van der Waals surface area contributed by atoms with Crippen molar-refractivity contribution in [3.05, 3.63) is 12.4 Å². The SMILES string of the molecule is COC(=O)NC1CCN(c2cncc(N)n2)C1. The van der Waals surface area contributed by atoms with Crippen molar-refractivity contribution in [3.8, 4) is 0 Å². The smallest absolute Gasteiger partial charge is 0.407 e. The molecule has 1 aromatic rings. The zero-order chi connectivity index (χ0) is 12.3. The van der Waals surface area contributed by atoms with Crippen molar-refractivity contribution in [3.63, 3.8) is 0 Å². The van der Waals surface area contributed by atoms with Gasteiger partial charge in [0.15, 0.2) is 0 Å². The molecule has 1 aliphatic rings. The van der Waals surface area contributed by atoms with Gasteiger partial charge < -0.3 is 20.7 Å².